The molecule has 0 radical (unpaired) electrons. The Labute approximate surface area is 88.3 Å². The molecule has 0 saturated carbocycles. The minimum absolute atomic E-state index is 0.459. The quantitative estimate of drug-likeness (QED) is 0.708. The van der Waals surface area contributed by atoms with Gasteiger partial charge in [0.05, 0.1) is 5.52 Å². The molecule has 0 bridgehead atoms. The fourth-order valence-electron chi connectivity index (χ4n) is 1.45. The highest BCUT2D eigenvalue weighted by Gasteiger charge is 1.93. The molecule has 0 unspecified atom stereocenters. The maximum Gasteiger partial charge on any atom is 0.123 e. The maximum atomic E-state index is 10.1. The largest absolute Gasteiger partial charge is 0.303 e. The van der Waals surface area contributed by atoms with Crippen LogP contribution in [0.25, 0.3) is 17.0 Å². The minimum atomic E-state index is 0.459. The number of aromatic nitrogens is 1. The molecule has 1 aromatic carbocycles. The molecule has 0 aliphatic heterocycles. The van der Waals surface area contributed by atoms with Gasteiger partial charge in [-0.15, -0.1) is 0 Å². The van der Waals surface area contributed by atoms with Crippen LogP contribution in [0.3, 0.4) is 0 Å². The van der Waals surface area contributed by atoms with Gasteiger partial charge in [-0.25, -0.2) is 0 Å². The summed E-state index contributed by atoms with van der Waals surface area (Å²) in [6, 6.07) is 10.0. The van der Waals surface area contributed by atoms with Gasteiger partial charge >= 0.3 is 0 Å². The second-order valence-corrected chi connectivity index (χ2v) is 3.26. The van der Waals surface area contributed by atoms with E-state index in [-0.39, 0.29) is 0 Å². The highest BCUT2D eigenvalue weighted by molar-refractivity contribution is 5.80. The van der Waals surface area contributed by atoms with E-state index < -0.39 is 0 Å². The van der Waals surface area contributed by atoms with Crippen molar-refractivity contribution >= 4 is 23.3 Å². The van der Waals surface area contributed by atoms with Crippen LogP contribution >= 0.6 is 0 Å². The smallest absolute Gasteiger partial charge is 0.123 e. The molecule has 2 nitrogen and oxygen atoms in total. The molecule has 74 valence electrons. The number of hydrogen-bond donors (Lipinski definition) is 0. The minimum Gasteiger partial charge on any atom is -0.303 e. The third-order valence-electron chi connectivity index (χ3n) is 2.17. The molecule has 0 N–H and O–H groups in total. The molecule has 0 saturated heterocycles. The van der Waals surface area contributed by atoms with Crippen LogP contribution in [0, 0.1) is 0 Å². The van der Waals surface area contributed by atoms with Crippen LogP contribution < -0.4 is 0 Å². The Morgan fingerprint density at radius 3 is 3.07 bits per heavy atom. The lowest BCUT2D eigenvalue weighted by atomic mass is 10.1. The van der Waals surface area contributed by atoms with Crippen molar-refractivity contribution in [3.8, 4) is 0 Å². The van der Waals surface area contributed by atoms with Gasteiger partial charge in [0.15, 0.2) is 0 Å². The maximum absolute atomic E-state index is 10.1. The van der Waals surface area contributed by atoms with Crippen molar-refractivity contribution < 1.29 is 4.79 Å². The summed E-state index contributed by atoms with van der Waals surface area (Å²) in [4.78, 5) is 14.4. The Kier molecular flexibility index (Phi) is 2.88. The third kappa shape index (κ3) is 2.29. The fraction of sp³-hybridized carbons (Fsp3) is 0.0769. The van der Waals surface area contributed by atoms with Crippen molar-refractivity contribution in [2.75, 3.05) is 0 Å². The molecule has 2 heteroatoms. The number of aldehydes is 1. The Balaban J connectivity index is 2.34. The Morgan fingerprint density at radius 2 is 2.20 bits per heavy atom. The zero-order valence-electron chi connectivity index (χ0n) is 8.26. The number of nitrogens with zero attached hydrogens (tertiary/aromatic N) is 1. The van der Waals surface area contributed by atoms with Crippen molar-refractivity contribution in [3.63, 3.8) is 0 Å². The molecule has 15 heavy (non-hydrogen) atoms. The van der Waals surface area contributed by atoms with E-state index in [1.165, 1.54) is 0 Å². The number of rotatable bonds is 3. The SMILES string of the molecule is O=CCC=Cc1ccc2cccnc2c1. The molecule has 0 spiro atoms. The van der Waals surface area contributed by atoms with Crippen LogP contribution in [0.15, 0.2) is 42.6 Å². The number of benzene rings is 1. The third-order valence-corrected chi connectivity index (χ3v) is 2.17. The monoisotopic (exact) mass is 197 g/mol. The van der Waals surface area contributed by atoms with Gasteiger partial charge in [-0.05, 0) is 17.7 Å². The molecule has 2 rings (SSSR count). The second-order valence-electron chi connectivity index (χ2n) is 3.26. The van der Waals surface area contributed by atoms with E-state index in [1.54, 1.807) is 6.20 Å². The first-order chi connectivity index (χ1) is 7.40. The Bertz CT molecular complexity index is 503. The topological polar surface area (TPSA) is 30.0 Å². The fourth-order valence-corrected chi connectivity index (χ4v) is 1.45. The van der Waals surface area contributed by atoms with E-state index in [1.807, 2.05) is 42.5 Å². The number of allylic oxidation sites excluding steroid dienone is 1. The summed E-state index contributed by atoms with van der Waals surface area (Å²) in [5.41, 5.74) is 2.05. The van der Waals surface area contributed by atoms with Crippen LogP contribution in [0.5, 0.6) is 0 Å². The molecule has 0 atom stereocenters. The van der Waals surface area contributed by atoms with Crippen molar-refractivity contribution in [3.05, 3.63) is 48.2 Å². The van der Waals surface area contributed by atoms with Crippen LogP contribution in [0.1, 0.15) is 12.0 Å². The van der Waals surface area contributed by atoms with Crippen LogP contribution in [-0.2, 0) is 4.79 Å². The summed E-state index contributed by atoms with van der Waals surface area (Å²) in [7, 11) is 0. The second kappa shape index (κ2) is 4.51. The van der Waals surface area contributed by atoms with Gasteiger partial charge in [0, 0.05) is 18.0 Å². The van der Waals surface area contributed by atoms with E-state index in [0.29, 0.717) is 6.42 Å². The average molecular weight is 197 g/mol. The first-order valence-corrected chi connectivity index (χ1v) is 4.85. The summed E-state index contributed by atoms with van der Waals surface area (Å²) in [5.74, 6) is 0. The van der Waals surface area contributed by atoms with E-state index in [2.05, 4.69) is 4.98 Å². The van der Waals surface area contributed by atoms with Gasteiger partial charge in [-0.3, -0.25) is 4.98 Å². The van der Waals surface area contributed by atoms with E-state index in [9.17, 15) is 4.79 Å². The summed E-state index contributed by atoms with van der Waals surface area (Å²) in [5, 5.41) is 1.13. The highest BCUT2D eigenvalue weighted by atomic mass is 16.1. The van der Waals surface area contributed by atoms with Crippen molar-refractivity contribution in [1.29, 1.82) is 0 Å². The normalized spacial score (nSPS) is 10.9. The number of pyridine rings is 1. The molecule has 1 heterocycles. The van der Waals surface area contributed by atoms with Gasteiger partial charge in [0.2, 0.25) is 0 Å². The predicted molar refractivity (Wildman–Crippen MR) is 61.5 cm³/mol. The van der Waals surface area contributed by atoms with Gasteiger partial charge in [-0.1, -0.05) is 30.4 Å². The number of hydrogen-bond acceptors (Lipinski definition) is 2. The molecular formula is C13H11NO. The van der Waals surface area contributed by atoms with Crippen molar-refractivity contribution in [2.24, 2.45) is 0 Å². The average Bonchev–Trinajstić information content (AvgIpc) is 2.29. The Hall–Kier alpha value is -1.96. The number of carbonyl (C=O) groups excluding carboxylic acids is 1. The summed E-state index contributed by atoms with van der Waals surface area (Å²) in [6.45, 7) is 0. The summed E-state index contributed by atoms with van der Waals surface area (Å²) in [6.07, 6.45) is 6.90. The molecule has 0 aliphatic rings. The lowest BCUT2D eigenvalue weighted by Gasteiger charge is -1.97. The molecule has 0 fully saturated rings. The van der Waals surface area contributed by atoms with Gasteiger partial charge < -0.3 is 4.79 Å². The van der Waals surface area contributed by atoms with Crippen molar-refractivity contribution in [2.45, 2.75) is 6.42 Å². The molecule has 0 aliphatic carbocycles. The molecule has 2 aromatic rings. The standard InChI is InChI=1S/C13H11NO/c15-9-2-1-4-11-6-7-12-5-3-8-14-13(12)10-11/h1,3-10H,2H2. The summed E-state index contributed by atoms with van der Waals surface area (Å²) < 4.78 is 0. The van der Waals surface area contributed by atoms with Gasteiger partial charge in [-0.2, -0.15) is 0 Å². The zero-order valence-corrected chi connectivity index (χ0v) is 8.26. The van der Waals surface area contributed by atoms with E-state index >= 15 is 0 Å². The van der Waals surface area contributed by atoms with E-state index in [0.717, 1.165) is 22.8 Å². The van der Waals surface area contributed by atoms with Gasteiger partial charge in [0.25, 0.3) is 0 Å². The number of fused-ring (bicyclic) bond motifs is 1. The van der Waals surface area contributed by atoms with Crippen LogP contribution in [0.2, 0.25) is 0 Å². The lowest BCUT2D eigenvalue weighted by molar-refractivity contribution is -0.107. The Morgan fingerprint density at radius 1 is 1.27 bits per heavy atom. The van der Waals surface area contributed by atoms with Crippen LogP contribution in [0.4, 0.5) is 0 Å². The first-order valence-electron chi connectivity index (χ1n) is 4.85. The predicted octanol–water partition coefficient (Wildman–Crippen LogP) is 2.84. The molecular weight excluding hydrogens is 186 g/mol. The van der Waals surface area contributed by atoms with Crippen molar-refractivity contribution in [1.82, 2.24) is 4.98 Å². The van der Waals surface area contributed by atoms with Gasteiger partial charge in [0.1, 0.15) is 6.29 Å². The molecule has 1 aromatic heterocycles. The number of carbonyl (C=O) groups is 1. The highest BCUT2D eigenvalue weighted by Crippen LogP contribution is 2.14. The zero-order chi connectivity index (χ0) is 10.5. The molecule has 0 amide bonds. The summed E-state index contributed by atoms with van der Waals surface area (Å²) >= 11 is 0. The first kappa shape index (κ1) is 9.59. The lowest BCUT2D eigenvalue weighted by Crippen LogP contribution is -1.79. The van der Waals surface area contributed by atoms with Crippen LogP contribution in [-0.4, -0.2) is 11.3 Å². The van der Waals surface area contributed by atoms with E-state index in [4.69, 9.17) is 0 Å².